The van der Waals surface area contributed by atoms with Crippen molar-refractivity contribution in [1.29, 1.82) is 0 Å². The van der Waals surface area contributed by atoms with Crippen LogP contribution in [0.2, 0.25) is 0 Å². The van der Waals surface area contributed by atoms with Crippen LogP contribution in [-0.2, 0) is 9.84 Å². The summed E-state index contributed by atoms with van der Waals surface area (Å²) in [5, 5.41) is 0. The Hall–Kier alpha value is -0.880. The van der Waals surface area contributed by atoms with Crippen LogP contribution in [-0.4, -0.2) is 43.8 Å². The van der Waals surface area contributed by atoms with Crippen molar-refractivity contribution in [3.8, 4) is 0 Å². The summed E-state index contributed by atoms with van der Waals surface area (Å²) in [6.45, 7) is 1.95. The zero-order valence-electron chi connectivity index (χ0n) is 10.9. The molecule has 1 aliphatic heterocycles. The molecule has 4 nitrogen and oxygen atoms in total. The summed E-state index contributed by atoms with van der Waals surface area (Å²) in [7, 11) is -1.31. The SMILES string of the molecule is Cc1ccc(C(=O)N(C)C2CCS(=O)(=O)C2)cc1Br. The predicted molar refractivity (Wildman–Crippen MR) is 78.0 cm³/mol. The monoisotopic (exact) mass is 345 g/mol. The lowest BCUT2D eigenvalue weighted by atomic mass is 10.1. The van der Waals surface area contributed by atoms with Gasteiger partial charge in [-0.25, -0.2) is 8.42 Å². The van der Waals surface area contributed by atoms with Crippen molar-refractivity contribution < 1.29 is 13.2 Å². The van der Waals surface area contributed by atoms with Gasteiger partial charge in [0.1, 0.15) is 0 Å². The standard InChI is InChI=1S/C13H16BrNO3S/c1-9-3-4-10(7-12(9)14)13(16)15(2)11-5-6-19(17,18)8-11/h3-4,7,11H,5-6,8H2,1-2H3. The van der Waals surface area contributed by atoms with Crippen LogP contribution in [0.4, 0.5) is 0 Å². The molecule has 0 radical (unpaired) electrons. The smallest absolute Gasteiger partial charge is 0.253 e. The Balaban J connectivity index is 2.17. The maximum atomic E-state index is 12.3. The molecule has 0 N–H and O–H groups in total. The Labute approximate surface area is 121 Å². The highest BCUT2D eigenvalue weighted by molar-refractivity contribution is 9.10. The molecule has 2 rings (SSSR count). The number of benzene rings is 1. The van der Waals surface area contributed by atoms with E-state index >= 15 is 0 Å². The molecule has 0 aromatic heterocycles. The average molecular weight is 346 g/mol. The maximum Gasteiger partial charge on any atom is 0.253 e. The molecule has 104 valence electrons. The number of nitrogens with zero attached hydrogens (tertiary/aromatic N) is 1. The van der Waals surface area contributed by atoms with Crippen LogP contribution in [0.15, 0.2) is 22.7 Å². The van der Waals surface area contributed by atoms with Gasteiger partial charge >= 0.3 is 0 Å². The van der Waals surface area contributed by atoms with Crippen LogP contribution in [0.25, 0.3) is 0 Å². The summed E-state index contributed by atoms with van der Waals surface area (Å²) >= 11 is 3.40. The number of hydrogen-bond donors (Lipinski definition) is 0. The summed E-state index contributed by atoms with van der Waals surface area (Å²) in [6, 6.07) is 5.20. The lowest BCUT2D eigenvalue weighted by Gasteiger charge is -2.23. The van der Waals surface area contributed by atoms with E-state index in [-0.39, 0.29) is 23.5 Å². The minimum atomic E-state index is -2.97. The molecule has 1 fully saturated rings. The van der Waals surface area contributed by atoms with Crippen molar-refractivity contribution in [3.63, 3.8) is 0 Å². The van der Waals surface area contributed by atoms with Crippen LogP contribution in [0.1, 0.15) is 22.3 Å². The topological polar surface area (TPSA) is 54.5 Å². The van der Waals surface area contributed by atoms with Crippen molar-refractivity contribution >= 4 is 31.7 Å². The number of halogens is 1. The second-order valence-corrected chi connectivity index (χ2v) is 8.02. The van der Waals surface area contributed by atoms with Gasteiger partial charge in [-0.3, -0.25) is 4.79 Å². The molecule has 1 aromatic carbocycles. The first-order valence-corrected chi connectivity index (χ1v) is 8.65. The molecule has 1 saturated heterocycles. The third-order valence-corrected chi connectivity index (χ3v) is 6.10. The van der Waals surface area contributed by atoms with E-state index in [2.05, 4.69) is 15.9 Å². The van der Waals surface area contributed by atoms with Gasteiger partial charge in [-0.15, -0.1) is 0 Å². The van der Waals surface area contributed by atoms with E-state index in [1.165, 1.54) is 0 Å². The van der Waals surface area contributed by atoms with Gasteiger partial charge in [-0.1, -0.05) is 22.0 Å². The van der Waals surface area contributed by atoms with E-state index in [1.54, 1.807) is 24.1 Å². The van der Waals surface area contributed by atoms with E-state index in [0.29, 0.717) is 12.0 Å². The number of rotatable bonds is 2. The fraction of sp³-hybridized carbons (Fsp3) is 0.462. The highest BCUT2D eigenvalue weighted by Gasteiger charge is 2.33. The van der Waals surface area contributed by atoms with E-state index in [0.717, 1.165) is 10.0 Å². The summed E-state index contributed by atoms with van der Waals surface area (Å²) in [6.07, 6.45) is 0.525. The predicted octanol–water partition coefficient (Wildman–Crippen LogP) is 2.02. The Bertz CT molecular complexity index is 612. The first-order valence-electron chi connectivity index (χ1n) is 6.04. The second kappa shape index (κ2) is 5.25. The third-order valence-electron chi connectivity index (χ3n) is 3.50. The van der Waals surface area contributed by atoms with E-state index < -0.39 is 9.84 Å². The molecule has 19 heavy (non-hydrogen) atoms. The van der Waals surface area contributed by atoms with Gasteiger partial charge in [0.05, 0.1) is 11.5 Å². The Morgan fingerprint density at radius 3 is 2.63 bits per heavy atom. The fourth-order valence-electron chi connectivity index (χ4n) is 2.18. The van der Waals surface area contributed by atoms with Gasteiger partial charge in [0.2, 0.25) is 0 Å². The number of aryl methyl sites for hydroxylation is 1. The van der Waals surface area contributed by atoms with Crippen LogP contribution in [0.5, 0.6) is 0 Å². The van der Waals surface area contributed by atoms with E-state index in [9.17, 15) is 13.2 Å². The van der Waals surface area contributed by atoms with Crippen LogP contribution in [0, 0.1) is 6.92 Å². The molecule has 0 spiro atoms. The molecule has 0 bridgehead atoms. The maximum absolute atomic E-state index is 12.3. The minimum absolute atomic E-state index is 0.0717. The Morgan fingerprint density at radius 2 is 2.11 bits per heavy atom. The van der Waals surface area contributed by atoms with Crippen molar-refractivity contribution in [1.82, 2.24) is 4.90 Å². The molecule has 1 atom stereocenters. The zero-order valence-corrected chi connectivity index (χ0v) is 13.3. The van der Waals surface area contributed by atoms with Crippen molar-refractivity contribution in [3.05, 3.63) is 33.8 Å². The van der Waals surface area contributed by atoms with Crippen LogP contribution >= 0.6 is 15.9 Å². The molecule has 0 saturated carbocycles. The van der Waals surface area contributed by atoms with Gasteiger partial charge < -0.3 is 4.90 Å². The molecule has 0 aliphatic carbocycles. The highest BCUT2D eigenvalue weighted by atomic mass is 79.9. The molecule has 6 heteroatoms. The van der Waals surface area contributed by atoms with Gasteiger partial charge in [-0.05, 0) is 31.0 Å². The fourth-order valence-corrected chi connectivity index (χ4v) is 4.33. The van der Waals surface area contributed by atoms with Gasteiger partial charge in [0.15, 0.2) is 9.84 Å². The molecular formula is C13H16BrNO3S. The number of hydrogen-bond acceptors (Lipinski definition) is 3. The van der Waals surface area contributed by atoms with Crippen LogP contribution < -0.4 is 0 Å². The molecule has 1 unspecified atom stereocenters. The van der Waals surface area contributed by atoms with Crippen LogP contribution in [0.3, 0.4) is 0 Å². The number of sulfone groups is 1. The Morgan fingerprint density at radius 1 is 1.42 bits per heavy atom. The van der Waals surface area contributed by atoms with Gasteiger partial charge in [0.25, 0.3) is 5.91 Å². The minimum Gasteiger partial charge on any atom is -0.338 e. The summed E-state index contributed by atoms with van der Waals surface area (Å²) in [5.41, 5.74) is 1.63. The summed E-state index contributed by atoms with van der Waals surface area (Å²) < 4.78 is 23.8. The van der Waals surface area contributed by atoms with Crippen molar-refractivity contribution in [2.24, 2.45) is 0 Å². The number of carbonyl (C=O) groups excluding carboxylic acids is 1. The first kappa shape index (κ1) is 14.5. The van der Waals surface area contributed by atoms with Crippen molar-refractivity contribution in [2.45, 2.75) is 19.4 Å². The quantitative estimate of drug-likeness (QED) is 0.823. The molecule has 1 heterocycles. The van der Waals surface area contributed by atoms with Gasteiger partial charge in [-0.2, -0.15) is 0 Å². The normalized spacial score (nSPS) is 21.3. The second-order valence-electron chi connectivity index (χ2n) is 4.94. The average Bonchev–Trinajstić information content (AvgIpc) is 2.71. The van der Waals surface area contributed by atoms with E-state index in [4.69, 9.17) is 0 Å². The molecule has 1 amide bonds. The van der Waals surface area contributed by atoms with E-state index in [1.807, 2.05) is 13.0 Å². The molecule has 1 aliphatic rings. The van der Waals surface area contributed by atoms with Gasteiger partial charge in [0, 0.05) is 23.1 Å². The third kappa shape index (κ3) is 3.17. The lowest BCUT2D eigenvalue weighted by Crippen LogP contribution is -2.37. The summed E-state index contributed by atoms with van der Waals surface area (Å²) in [5.74, 6) is 0.109. The number of carbonyl (C=O) groups is 1. The Kier molecular flexibility index (Phi) is 4.01. The van der Waals surface area contributed by atoms with Crippen molar-refractivity contribution in [2.75, 3.05) is 18.6 Å². The highest BCUT2D eigenvalue weighted by Crippen LogP contribution is 2.21. The molecule has 1 aromatic rings. The zero-order chi connectivity index (χ0) is 14.2. The molecular weight excluding hydrogens is 330 g/mol. The lowest BCUT2D eigenvalue weighted by molar-refractivity contribution is 0.0747. The number of amides is 1. The first-order chi connectivity index (χ1) is 8.80. The largest absolute Gasteiger partial charge is 0.338 e. The summed E-state index contributed by atoms with van der Waals surface area (Å²) in [4.78, 5) is 13.9.